The number of nitrogens with zero attached hydrogens (tertiary/aromatic N) is 1. The molecule has 0 unspecified atom stereocenters. The molecule has 0 amide bonds. The van der Waals surface area contributed by atoms with E-state index in [1.54, 1.807) is 6.07 Å². The summed E-state index contributed by atoms with van der Waals surface area (Å²) < 4.78 is 24.2. The zero-order valence-corrected chi connectivity index (χ0v) is 13.6. The third-order valence-corrected chi connectivity index (χ3v) is 4.97. The van der Waals surface area contributed by atoms with Gasteiger partial charge in [0.25, 0.3) is 0 Å². The number of methoxy groups -OCH3 is 1. The van der Waals surface area contributed by atoms with E-state index in [4.69, 9.17) is 9.47 Å². The number of benzene rings is 1. The van der Waals surface area contributed by atoms with Crippen molar-refractivity contribution in [1.82, 2.24) is 4.90 Å². The van der Waals surface area contributed by atoms with Crippen LogP contribution in [0.3, 0.4) is 0 Å². The smallest absolute Gasteiger partial charge is 0.167 e. The largest absolute Gasteiger partial charge is 0.494 e. The van der Waals surface area contributed by atoms with Crippen molar-refractivity contribution in [3.8, 4) is 5.75 Å². The van der Waals surface area contributed by atoms with Gasteiger partial charge in [0.2, 0.25) is 0 Å². The predicted molar refractivity (Wildman–Crippen MR) is 85.4 cm³/mol. The van der Waals surface area contributed by atoms with Crippen molar-refractivity contribution in [2.75, 3.05) is 33.4 Å². The molecule has 5 heteroatoms. The first-order valence-electron chi connectivity index (χ1n) is 8.38. The molecule has 0 N–H and O–H groups in total. The Morgan fingerprint density at radius 3 is 2.78 bits per heavy atom. The second-order valence-electron chi connectivity index (χ2n) is 6.39. The molecule has 0 saturated carbocycles. The SMILES string of the molecule is COc1ccc(C(=O)[C@H]2CCCN(C3CCOCC3)C2)cc1F. The Kier molecular flexibility index (Phi) is 5.28. The van der Waals surface area contributed by atoms with Gasteiger partial charge in [-0.15, -0.1) is 0 Å². The molecule has 1 aromatic rings. The minimum Gasteiger partial charge on any atom is -0.494 e. The first kappa shape index (κ1) is 16.4. The molecular formula is C18H24FNO3. The van der Waals surface area contributed by atoms with Crippen molar-refractivity contribution in [3.05, 3.63) is 29.6 Å². The van der Waals surface area contributed by atoms with E-state index in [1.165, 1.54) is 19.2 Å². The molecule has 2 heterocycles. The van der Waals surface area contributed by atoms with Gasteiger partial charge in [0, 0.05) is 37.3 Å². The average Bonchev–Trinajstić information content (AvgIpc) is 2.62. The van der Waals surface area contributed by atoms with Crippen LogP contribution in [0.15, 0.2) is 18.2 Å². The van der Waals surface area contributed by atoms with Crippen molar-refractivity contribution in [2.24, 2.45) is 5.92 Å². The summed E-state index contributed by atoms with van der Waals surface area (Å²) in [4.78, 5) is 15.1. The molecule has 2 fully saturated rings. The Labute approximate surface area is 136 Å². The fourth-order valence-corrected chi connectivity index (χ4v) is 3.66. The second-order valence-corrected chi connectivity index (χ2v) is 6.39. The number of ketones is 1. The number of ether oxygens (including phenoxy) is 2. The number of carbonyl (C=O) groups is 1. The lowest BCUT2D eigenvalue weighted by molar-refractivity contribution is 0.0183. The molecule has 23 heavy (non-hydrogen) atoms. The van der Waals surface area contributed by atoms with E-state index in [0.29, 0.717) is 11.6 Å². The lowest BCUT2D eigenvalue weighted by Gasteiger charge is -2.39. The standard InChI is InChI=1S/C18H24FNO3/c1-22-17-5-4-13(11-16(17)19)18(21)14-3-2-8-20(12-14)15-6-9-23-10-7-15/h4-5,11,14-15H,2-3,6-10,12H2,1H3/t14-/m0/s1. The monoisotopic (exact) mass is 321 g/mol. The number of carbonyl (C=O) groups excluding carboxylic acids is 1. The summed E-state index contributed by atoms with van der Waals surface area (Å²) in [5, 5.41) is 0. The van der Waals surface area contributed by atoms with E-state index in [-0.39, 0.29) is 17.5 Å². The van der Waals surface area contributed by atoms with Crippen LogP contribution in [0.2, 0.25) is 0 Å². The van der Waals surface area contributed by atoms with Crippen LogP contribution < -0.4 is 4.74 Å². The van der Waals surface area contributed by atoms with Crippen molar-refractivity contribution in [2.45, 2.75) is 31.7 Å². The minimum atomic E-state index is -0.476. The summed E-state index contributed by atoms with van der Waals surface area (Å²) >= 11 is 0. The van der Waals surface area contributed by atoms with Crippen LogP contribution in [0.5, 0.6) is 5.75 Å². The summed E-state index contributed by atoms with van der Waals surface area (Å²) in [5.41, 5.74) is 0.446. The van der Waals surface area contributed by atoms with Gasteiger partial charge in [-0.05, 0) is 50.4 Å². The number of likely N-dealkylation sites (tertiary alicyclic amines) is 1. The molecule has 1 atom stereocenters. The molecule has 0 aliphatic carbocycles. The highest BCUT2D eigenvalue weighted by Gasteiger charge is 2.31. The van der Waals surface area contributed by atoms with Gasteiger partial charge in [-0.2, -0.15) is 0 Å². The van der Waals surface area contributed by atoms with Crippen molar-refractivity contribution in [3.63, 3.8) is 0 Å². The normalized spacial score (nSPS) is 23.7. The third-order valence-electron chi connectivity index (χ3n) is 4.97. The van der Waals surface area contributed by atoms with Gasteiger partial charge in [-0.3, -0.25) is 9.69 Å². The number of Topliss-reactive ketones (excluding diaryl/α,β-unsaturated/α-hetero) is 1. The number of hydrogen-bond donors (Lipinski definition) is 0. The Morgan fingerprint density at radius 1 is 1.30 bits per heavy atom. The summed E-state index contributed by atoms with van der Waals surface area (Å²) in [6, 6.07) is 5.01. The second kappa shape index (κ2) is 7.41. The highest BCUT2D eigenvalue weighted by atomic mass is 19.1. The van der Waals surface area contributed by atoms with Gasteiger partial charge in [0.1, 0.15) is 0 Å². The van der Waals surface area contributed by atoms with Crippen LogP contribution in [-0.2, 0) is 4.74 Å². The summed E-state index contributed by atoms with van der Waals surface area (Å²) in [5.74, 6) is -0.299. The molecule has 1 aromatic carbocycles. The van der Waals surface area contributed by atoms with E-state index < -0.39 is 5.82 Å². The molecule has 2 aliphatic rings. The first-order chi connectivity index (χ1) is 11.2. The molecule has 4 nitrogen and oxygen atoms in total. The van der Waals surface area contributed by atoms with Gasteiger partial charge in [-0.1, -0.05) is 0 Å². The van der Waals surface area contributed by atoms with Crippen LogP contribution in [-0.4, -0.2) is 50.1 Å². The predicted octanol–water partition coefficient (Wildman–Crippen LogP) is 2.91. The van der Waals surface area contributed by atoms with E-state index in [2.05, 4.69) is 4.90 Å². The quantitative estimate of drug-likeness (QED) is 0.799. The molecule has 0 radical (unpaired) electrons. The summed E-state index contributed by atoms with van der Waals surface area (Å²) in [6.45, 7) is 3.44. The maximum absolute atomic E-state index is 13.8. The molecule has 0 bridgehead atoms. The average molecular weight is 321 g/mol. The molecule has 0 aromatic heterocycles. The van der Waals surface area contributed by atoms with E-state index in [1.807, 2.05) is 0 Å². The lowest BCUT2D eigenvalue weighted by atomic mass is 9.88. The molecule has 0 spiro atoms. The maximum atomic E-state index is 13.8. The summed E-state index contributed by atoms with van der Waals surface area (Å²) in [6.07, 6.45) is 3.98. The highest BCUT2D eigenvalue weighted by molar-refractivity contribution is 5.98. The van der Waals surface area contributed by atoms with Gasteiger partial charge in [0.05, 0.1) is 7.11 Å². The van der Waals surface area contributed by atoms with Crippen LogP contribution in [0.1, 0.15) is 36.0 Å². The van der Waals surface area contributed by atoms with Crippen LogP contribution in [0.4, 0.5) is 4.39 Å². The van der Waals surface area contributed by atoms with Crippen LogP contribution >= 0.6 is 0 Å². The zero-order valence-electron chi connectivity index (χ0n) is 13.6. The van der Waals surface area contributed by atoms with Crippen LogP contribution in [0.25, 0.3) is 0 Å². The fraction of sp³-hybridized carbons (Fsp3) is 0.611. The van der Waals surface area contributed by atoms with E-state index >= 15 is 0 Å². The van der Waals surface area contributed by atoms with Gasteiger partial charge in [-0.25, -0.2) is 4.39 Å². The van der Waals surface area contributed by atoms with Crippen LogP contribution in [0, 0.1) is 11.7 Å². The van der Waals surface area contributed by atoms with Gasteiger partial charge >= 0.3 is 0 Å². The van der Waals surface area contributed by atoms with Gasteiger partial charge in [0.15, 0.2) is 17.3 Å². The number of hydrogen-bond acceptors (Lipinski definition) is 4. The van der Waals surface area contributed by atoms with Crippen molar-refractivity contribution >= 4 is 5.78 Å². The van der Waals surface area contributed by atoms with E-state index in [9.17, 15) is 9.18 Å². The topological polar surface area (TPSA) is 38.8 Å². The van der Waals surface area contributed by atoms with E-state index in [0.717, 1.165) is 52.0 Å². The lowest BCUT2D eigenvalue weighted by Crippen LogP contribution is -2.46. The number of piperidine rings is 1. The van der Waals surface area contributed by atoms with Crippen molar-refractivity contribution in [1.29, 1.82) is 0 Å². The summed E-state index contributed by atoms with van der Waals surface area (Å²) in [7, 11) is 1.42. The minimum absolute atomic E-state index is 0.0422. The fourth-order valence-electron chi connectivity index (χ4n) is 3.66. The molecule has 3 rings (SSSR count). The Morgan fingerprint density at radius 2 is 2.09 bits per heavy atom. The molecule has 126 valence electrons. The molecule has 2 saturated heterocycles. The Balaban J connectivity index is 1.67. The first-order valence-corrected chi connectivity index (χ1v) is 8.38. The molecular weight excluding hydrogens is 297 g/mol. The number of halogens is 1. The highest BCUT2D eigenvalue weighted by Crippen LogP contribution is 2.27. The van der Waals surface area contributed by atoms with Gasteiger partial charge < -0.3 is 9.47 Å². The maximum Gasteiger partial charge on any atom is 0.167 e. The Hall–Kier alpha value is -1.46. The van der Waals surface area contributed by atoms with Crippen molar-refractivity contribution < 1.29 is 18.7 Å². The molecule has 2 aliphatic heterocycles. The number of rotatable bonds is 4. The Bertz CT molecular complexity index is 557. The third kappa shape index (κ3) is 3.72. The zero-order chi connectivity index (χ0) is 16.2.